The van der Waals surface area contributed by atoms with Crippen LogP contribution in [0.25, 0.3) is 0 Å². The zero-order chi connectivity index (χ0) is 9.40. The van der Waals surface area contributed by atoms with E-state index in [2.05, 4.69) is 5.92 Å². The standard InChI is InChI=1S/C9H15NO2/c1-3-6-9(12)10(4-2)7-5-8-11/h1,11H,4-8H2,2H3. The molecule has 0 aliphatic rings. The van der Waals surface area contributed by atoms with Gasteiger partial charge in [0.05, 0.1) is 6.42 Å². The van der Waals surface area contributed by atoms with E-state index in [1.807, 2.05) is 6.92 Å². The van der Waals surface area contributed by atoms with Crippen LogP contribution in [-0.4, -0.2) is 35.6 Å². The minimum Gasteiger partial charge on any atom is -0.396 e. The molecule has 0 unspecified atom stereocenters. The van der Waals surface area contributed by atoms with E-state index in [9.17, 15) is 4.79 Å². The van der Waals surface area contributed by atoms with Gasteiger partial charge in [-0.15, -0.1) is 6.42 Å². The highest BCUT2D eigenvalue weighted by molar-refractivity contribution is 5.78. The van der Waals surface area contributed by atoms with Gasteiger partial charge in [-0.1, -0.05) is 5.92 Å². The van der Waals surface area contributed by atoms with Crippen LogP contribution < -0.4 is 0 Å². The van der Waals surface area contributed by atoms with Gasteiger partial charge >= 0.3 is 0 Å². The third-order valence-corrected chi connectivity index (χ3v) is 1.57. The Morgan fingerprint density at radius 2 is 2.33 bits per heavy atom. The van der Waals surface area contributed by atoms with E-state index >= 15 is 0 Å². The molecular formula is C9H15NO2. The molecule has 0 aliphatic heterocycles. The van der Waals surface area contributed by atoms with Crippen LogP contribution >= 0.6 is 0 Å². The fraction of sp³-hybridized carbons (Fsp3) is 0.667. The fourth-order valence-corrected chi connectivity index (χ4v) is 0.920. The lowest BCUT2D eigenvalue weighted by Crippen LogP contribution is -2.31. The third kappa shape index (κ3) is 3.99. The summed E-state index contributed by atoms with van der Waals surface area (Å²) in [7, 11) is 0. The van der Waals surface area contributed by atoms with Gasteiger partial charge in [0, 0.05) is 19.7 Å². The number of aliphatic hydroxyl groups excluding tert-OH is 1. The summed E-state index contributed by atoms with van der Waals surface area (Å²) >= 11 is 0. The second-order valence-electron chi connectivity index (χ2n) is 2.43. The first-order chi connectivity index (χ1) is 5.76. The highest BCUT2D eigenvalue weighted by Gasteiger charge is 2.08. The number of carbonyl (C=O) groups excluding carboxylic acids is 1. The molecule has 0 heterocycles. The Morgan fingerprint density at radius 3 is 2.75 bits per heavy atom. The predicted molar refractivity (Wildman–Crippen MR) is 47.4 cm³/mol. The van der Waals surface area contributed by atoms with Crippen LogP contribution in [0.2, 0.25) is 0 Å². The molecule has 0 aromatic rings. The Balaban J connectivity index is 3.81. The van der Waals surface area contributed by atoms with Crippen molar-refractivity contribution in [2.45, 2.75) is 19.8 Å². The molecule has 0 saturated carbocycles. The molecular weight excluding hydrogens is 154 g/mol. The van der Waals surface area contributed by atoms with Crippen molar-refractivity contribution < 1.29 is 9.90 Å². The number of hydrogen-bond donors (Lipinski definition) is 1. The van der Waals surface area contributed by atoms with E-state index < -0.39 is 0 Å². The van der Waals surface area contributed by atoms with E-state index in [1.165, 1.54) is 0 Å². The summed E-state index contributed by atoms with van der Waals surface area (Å²) in [6.07, 6.45) is 5.77. The number of hydrogen-bond acceptors (Lipinski definition) is 2. The van der Waals surface area contributed by atoms with Crippen LogP contribution in [-0.2, 0) is 4.79 Å². The molecule has 0 atom stereocenters. The Hall–Kier alpha value is -1.01. The average Bonchev–Trinajstić information content (AvgIpc) is 2.06. The highest BCUT2D eigenvalue weighted by Crippen LogP contribution is 1.94. The molecule has 0 saturated heterocycles. The Morgan fingerprint density at radius 1 is 1.67 bits per heavy atom. The van der Waals surface area contributed by atoms with Gasteiger partial charge in [0.2, 0.25) is 5.91 Å². The summed E-state index contributed by atoms with van der Waals surface area (Å²) in [5.74, 6) is 2.27. The summed E-state index contributed by atoms with van der Waals surface area (Å²) in [5.41, 5.74) is 0. The quantitative estimate of drug-likeness (QED) is 0.599. The molecule has 12 heavy (non-hydrogen) atoms. The van der Waals surface area contributed by atoms with Gasteiger partial charge in [0.15, 0.2) is 0 Å². The van der Waals surface area contributed by atoms with Crippen molar-refractivity contribution >= 4 is 5.91 Å². The average molecular weight is 169 g/mol. The lowest BCUT2D eigenvalue weighted by molar-refractivity contribution is -0.130. The van der Waals surface area contributed by atoms with E-state index in [-0.39, 0.29) is 18.9 Å². The van der Waals surface area contributed by atoms with Crippen LogP contribution in [0.4, 0.5) is 0 Å². The van der Waals surface area contributed by atoms with E-state index in [4.69, 9.17) is 11.5 Å². The van der Waals surface area contributed by atoms with Crippen molar-refractivity contribution in [3.05, 3.63) is 0 Å². The summed E-state index contributed by atoms with van der Waals surface area (Å²) in [6, 6.07) is 0. The topological polar surface area (TPSA) is 40.5 Å². The molecule has 0 spiro atoms. The number of rotatable bonds is 5. The summed E-state index contributed by atoms with van der Waals surface area (Å²) in [6.45, 7) is 3.25. The zero-order valence-electron chi connectivity index (χ0n) is 7.42. The summed E-state index contributed by atoms with van der Waals surface area (Å²) < 4.78 is 0. The molecule has 0 aliphatic carbocycles. The molecule has 1 amide bonds. The van der Waals surface area contributed by atoms with Gasteiger partial charge in [-0.25, -0.2) is 0 Å². The second-order valence-corrected chi connectivity index (χ2v) is 2.43. The van der Waals surface area contributed by atoms with Crippen LogP contribution in [0, 0.1) is 12.3 Å². The maximum absolute atomic E-state index is 11.2. The van der Waals surface area contributed by atoms with E-state index in [1.54, 1.807) is 4.90 Å². The van der Waals surface area contributed by atoms with Crippen molar-refractivity contribution in [1.82, 2.24) is 4.90 Å². The van der Waals surface area contributed by atoms with Crippen LogP contribution in [0.3, 0.4) is 0 Å². The maximum Gasteiger partial charge on any atom is 0.234 e. The molecule has 0 aromatic heterocycles. The second kappa shape index (κ2) is 6.68. The molecule has 0 rings (SSSR count). The zero-order valence-corrected chi connectivity index (χ0v) is 7.42. The normalized spacial score (nSPS) is 9.08. The summed E-state index contributed by atoms with van der Waals surface area (Å²) in [5, 5.41) is 8.54. The number of nitrogens with zero attached hydrogens (tertiary/aromatic N) is 1. The molecule has 0 aromatic carbocycles. The van der Waals surface area contributed by atoms with Crippen LogP contribution in [0.1, 0.15) is 19.8 Å². The van der Waals surface area contributed by atoms with Gasteiger partial charge in [-0.2, -0.15) is 0 Å². The highest BCUT2D eigenvalue weighted by atomic mass is 16.3. The lowest BCUT2D eigenvalue weighted by Gasteiger charge is -2.18. The molecule has 0 fully saturated rings. The number of terminal acetylenes is 1. The predicted octanol–water partition coefficient (Wildman–Crippen LogP) is 0.241. The third-order valence-electron chi connectivity index (χ3n) is 1.57. The Bertz CT molecular complexity index is 172. The van der Waals surface area contributed by atoms with E-state index in [0.29, 0.717) is 19.5 Å². The monoisotopic (exact) mass is 169 g/mol. The largest absolute Gasteiger partial charge is 0.396 e. The minimum atomic E-state index is -0.0338. The number of carbonyl (C=O) groups is 1. The molecule has 1 N–H and O–H groups in total. The van der Waals surface area contributed by atoms with Crippen molar-refractivity contribution in [2.75, 3.05) is 19.7 Å². The molecule has 3 nitrogen and oxygen atoms in total. The molecule has 3 heteroatoms. The lowest BCUT2D eigenvalue weighted by atomic mass is 10.3. The minimum absolute atomic E-state index is 0.0338. The van der Waals surface area contributed by atoms with Gasteiger partial charge in [-0.3, -0.25) is 4.79 Å². The number of aliphatic hydroxyl groups is 1. The SMILES string of the molecule is C#CCC(=O)N(CC)CCCO. The number of amides is 1. The van der Waals surface area contributed by atoms with Gasteiger partial charge in [0.25, 0.3) is 0 Å². The van der Waals surface area contributed by atoms with Crippen molar-refractivity contribution in [3.8, 4) is 12.3 Å². The molecule has 68 valence electrons. The summed E-state index contributed by atoms with van der Waals surface area (Å²) in [4.78, 5) is 12.8. The van der Waals surface area contributed by atoms with Crippen LogP contribution in [0.15, 0.2) is 0 Å². The smallest absolute Gasteiger partial charge is 0.234 e. The molecule has 0 bridgehead atoms. The van der Waals surface area contributed by atoms with Gasteiger partial charge < -0.3 is 10.0 Å². The van der Waals surface area contributed by atoms with Crippen molar-refractivity contribution in [2.24, 2.45) is 0 Å². The van der Waals surface area contributed by atoms with E-state index in [0.717, 1.165) is 0 Å². The van der Waals surface area contributed by atoms with Crippen LogP contribution in [0.5, 0.6) is 0 Å². The Kier molecular flexibility index (Phi) is 6.12. The Labute approximate surface area is 73.4 Å². The van der Waals surface area contributed by atoms with Crippen molar-refractivity contribution in [1.29, 1.82) is 0 Å². The first-order valence-electron chi connectivity index (χ1n) is 4.08. The first kappa shape index (κ1) is 11.0. The van der Waals surface area contributed by atoms with Gasteiger partial charge in [0.1, 0.15) is 0 Å². The van der Waals surface area contributed by atoms with Gasteiger partial charge in [-0.05, 0) is 13.3 Å². The molecule has 0 radical (unpaired) electrons. The fourth-order valence-electron chi connectivity index (χ4n) is 0.920. The van der Waals surface area contributed by atoms with Crippen molar-refractivity contribution in [3.63, 3.8) is 0 Å². The first-order valence-corrected chi connectivity index (χ1v) is 4.08. The maximum atomic E-state index is 11.2.